The number of thiophene rings is 1. The first-order chi connectivity index (χ1) is 26.2. The minimum atomic E-state index is 1.10. The Morgan fingerprint density at radius 2 is 0.849 bits per heavy atom. The van der Waals surface area contributed by atoms with Crippen LogP contribution >= 0.6 is 11.3 Å². The summed E-state index contributed by atoms with van der Waals surface area (Å²) in [5, 5.41) is 12.7. The van der Waals surface area contributed by atoms with Crippen LogP contribution in [0.1, 0.15) is 5.56 Å². The van der Waals surface area contributed by atoms with Crippen molar-refractivity contribution in [1.29, 1.82) is 0 Å². The highest BCUT2D eigenvalue weighted by molar-refractivity contribution is 7.26. The Morgan fingerprint density at radius 3 is 1.38 bits per heavy atom. The molecule has 0 saturated carbocycles. The van der Waals surface area contributed by atoms with Crippen LogP contribution in [0.4, 0.5) is 0 Å². The van der Waals surface area contributed by atoms with Gasteiger partial charge < -0.3 is 4.42 Å². The standard InChI is InChI=1S/C51H32OS/c1-31-25-26-40-43(29-31)49(39-20-10-7-17-36(39)47(40)33-27-28-52-30-33)42-22-12-24-45-51(42)50-41(21-11-23-44(50)53-45)48-37-18-8-5-15-34(37)46(32-13-3-2-4-14-32)35-16-6-9-19-38(35)48/h2-30H,1H3. The second kappa shape index (κ2) is 11.8. The van der Waals surface area contributed by atoms with Crippen molar-refractivity contribution in [2.24, 2.45) is 0 Å². The van der Waals surface area contributed by atoms with Crippen LogP contribution in [0.5, 0.6) is 0 Å². The minimum Gasteiger partial charge on any atom is -0.472 e. The Kier molecular flexibility index (Phi) is 6.71. The fraction of sp³-hybridized carbons (Fsp3) is 0.0196. The largest absolute Gasteiger partial charge is 0.472 e. The zero-order valence-electron chi connectivity index (χ0n) is 29.1. The normalized spacial score (nSPS) is 11.9. The van der Waals surface area contributed by atoms with E-state index in [2.05, 4.69) is 171 Å². The molecule has 0 bridgehead atoms. The molecule has 0 aliphatic carbocycles. The van der Waals surface area contributed by atoms with Gasteiger partial charge in [-0.15, -0.1) is 11.3 Å². The predicted molar refractivity (Wildman–Crippen MR) is 228 cm³/mol. The second-order valence-electron chi connectivity index (χ2n) is 14.0. The average molecular weight is 693 g/mol. The summed E-state index contributed by atoms with van der Waals surface area (Å²) in [6.07, 6.45) is 3.65. The van der Waals surface area contributed by atoms with Gasteiger partial charge in [-0.05, 0) is 102 Å². The highest BCUT2D eigenvalue weighted by Gasteiger charge is 2.23. The molecule has 11 rings (SSSR count). The van der Waals surface area contributed by atoms with E-state index in [9.17, 15) is 0 Å². The van der Waals surface area contributed by atoms with Crippen LogP contribution < -0.4 is 0 Å². The highest BCUT2D eigenvalue weighted by atomic mass is 32.1. The monoisotopic (exact) mass is 692 g/mol. The lowest BCUT2D eigenvalue weighted by atomic mass is 9.83. The summed E-state index contributed by atoms with van der Waals surface area (Å²) in [7, 11) is 0. The lowest BCUT2D eigenvalue weighted by Crippen LogP contribution is -1.92. The molecule has 0 saturated heterocycles. The summed E-state index contributed by atoms with van der Waals surface area (Å²) in [6.45, 7) is 2.20. The van der Waals surface area contributed by atoms with Crippen molar-refractivity contribution in [1.82, 2.24) is 0 Å². The number of rotatable bonds is 4. The van der Waals surface area contributed by atoms with Crippen LogP contribution in [-0.2, 0) is 0 Å². The molecular weight excluding hydrogens is 661 g/mol. The van der Waals surface area contributed by atoms with E-state index in [-0.39, 0.29) is 0 Å². The summed E-state index contributed by atoms with van der Waals surface area (Å²) < 4.78 is 8.24. The van der Waals surface area contributed by atoms with Gasteiger partial charge in [0, 0.05) is 31.3 Å². The summed E-state index contributed by atoms with van der Waals surface area (Å²) >= 11 is 1.89. The summed E-state index contributed by atoms with van der Waals surface area (Å²) in [5.41, 5.74) is 11.2. The number of benzene rings is 9. The third-order valence-corrected chi connectivity index (χ3v) is 12.2. The molecule has 0 N–H and O–H groups in total. The van der Waals surface area contributed by atoms with Gasteiger partial charge in [0.2, 0.25) is 0 Å². The molecule has 0 unspecified atom stereocenters. The molecular formula is C51H32OS. The fourth-order valence-corrected chi connectivity index (χ4v) is 10.1. The molecule has 0 aliphatic rings. The lowest BCUT2D eigenvalue weighted by Gasteiger charge is -2.20. The van der Waals surface area contributed by atoms with E-state index >= 15 is 0 Å². The maximum atomic E-state index is 5.65. The molecule has 0 spiro atoms. The van der Waals surface area contributed by atoms with Crippen molar-refractivity contribution < 1.29 is 4.42 Å². The number of fused-ring (bicyclic) bond motifs is 7. The summed E-state index contributed by atoms with van der Waals surface area (Å²) in [4.78, 5) is 0. The van der Waals surface area contributed by atoms with Crippen LogP contribution in [-0.4, -0.2) is 0 Å². The smallest absolute Gasteiger partial charge is 0.0981 e. The third-order valence-electron chi connectivity index (χ3n) is 11.0. The van der Waals surface area contributed by atoms with Crippen molar-refractivity contribution in [2.75, 3.05) is 0 Å². The maximum absolute atomic E-state index is 5.65. The molecule has 9 aromatic carbocycles. The van der Waals surface area contributed by atoms with Crippen LogP contribution in [0, 0.1) is 6.92 Å². The molecule has 248 valence electrons. The summed E-state index contributed by atoms with van der Waals surface area (Å²) in [5.74, 6) is 0. The molecule has 2 heteroatoms. The van der Waals surface area contributed by atoms with Crippen LogP contribution in [0.2, 0.25) is 0 Å². The van der Waals surface area contributed by atoms with Gasteiger partial charge in [-0.25, -0.2) is 0 Å². The Labute approximate surface area is 311 Å². The van der Waals surface area contributed by atoms with Crippen LogP contribution in [0.15, 0.2) is 181 Å². The fourth-order valence-electron chi connectivity index (χ4n) is 8.92. The van der Waals surface area contributed by atoms with E-state index in [0.717, 1.165) is 5.56 Å². The number of aryl methyl sites for hydroxylation is 1. The topological polar surface area (TPSA) is 13.1 Å². The maximum Gasteiger partial charge on any atom is 0.0981 e. The third kappa shape index (κ3) is 4.49. The van der Waals surface area contributed by atoms with Crippen LogP contribution in [0.3, 0.4) is 0 Å². The highest BCUT2D eigenvalue weighted by Crippen LogP contribution is 2.52. The average Bonchev–Trinajstić information content (AvgIpc) is 3.88. The van der Waals surface area contributed by atoms with Crippen LogP contribution in [0.25, 0.3) is 108 Å². The Bertz CT molecular complexity index is 3160. The molecule has 2 aromatic heterocycles. The summed E-state index contributed by atoms with van der Waals surface area (Å²) in [6, 6.07) is 60.5. The first-order valence-electron chi connectivity index (χ1n) is 18.2. The molecule has 1 nitrogen and oxygen atoms in total. The first kappa shape index (κ1) is 30.2. The van der Waals surface area contributed by atoms with Crippen molar-refractivity contribution in [3.8, 4) is 44.5 Å². The van der Waals surface area contributed by atoms with Gasteiger partial charge in [0.25, 0.3) is 0 Å². The quantitative estimate of drug-likeness (QED) is 0.167. The molecule has 0 aliphatic heterocycles. The number of hydrogen-bond acceptors (Lipinski definition) is 2. The SMILES string of the molecule is Cc1ccc2c(-c3ccoc3)c3ccccc3c(-c3cccc4sc5cccc(-c6c7ccccc7c(-c7ccccc7)c7ccccc67)c5c34)c2c1. The first-order valence-corrected chi connectivity index (χ1v) is 19.0. The Balaban J connectivity index is 1.31. The Morgan fingerprint density at radius 1 is 0.377 bits per heavy atom. The van der Waals surface area contributed by atoms with Crippen molar-refractivity contribution in [3.63, 3.8) is 0 Å². The molecule has 0 radical (unpaired) electrons. The van der Waals surface area contributed by atoms with Gasteiger partial charge in [0.15, 0.2) is 0 Å². The number of furan rings is 1. The van der Waals surface area contributed by atoms with Gasteiger partial charge in [-0.3, -0.25) is 0 Å². The Hall–Kier alpha value is -6.48. The molecule has 0 atom stereocenters. The van der Waals surface area contributed by atoms with Crippen molar-refractivity contribution in [2.45, 2.75) is 6.92 Å². The zero-order valence-corrected chi connectivity index (χ0v) is 29.9. The van der Waals surface area contributed by atoms with E-state index in [1.807, 2.05) is 17.6 Å². The molecule has 0 amide bonds. The van der Waals surface area contributed by atoms with Gasteiger partial charge in [-0.2, -0.15) is 0 Å². The second-order valence-corrected chi connectivity index (χ2v) is 15.1. The van der Waals surface area contributed by atoms with Gasteiger partial charge >= 0.3 is 0 Å². The van der Waals surface area contributed by atoms with Crippen molar-refractivity contribution >= 4 is 74.6 Å². The van der Waals surface area contributed by atoms with Crippen molar-refractivity contribution in [3.05, 3.63) is 182 Å². The minimum absolute atomic E-state index is 1.10. The van der Waals surface area contributed by atoms with Gasteiger partial charge in [0.05, 0.1) is 12.5 Å². The van der Waals surface area contributed by atoms with Gasteiger partial charge in [-0.1, -0.05) is 151 Å². The molecule has 53 heavy (non-hydrogen) atoms. The molecule has 0 fully saturated rings. The van der Waals surface area contributed by atoms with Gasteiger partial charge in [0.1, 0.15) is 0 Å². The molecule has 11 aromatic rings. The molecule has 2 heterocycles. The van der Waals surface area contributed by atoms with E-state index in [1.165, 1.54) is 108 Å². The predicted octanol–water partition coefficient (Wildman–Crippen LogP) is 15.2. The van der Waals surface area contributed by atoms with E-state index < -0.39 is 0 Å². The number of hydrogen-bond donors (Lipinski definition) is 0. The van der Waals surface area contributed by atoms with E-state index in [1.54, 1.807) is 6.26 Å². The van der Waals surface area contributed by atoms with E-state index in [4.69, 9.17) is 4.42 Å². The lowest BCUT2D eigenvalue weighted by molar-refractivity contribution is 0.568. The zero-order chi connectivity index (χ0) is 35.0. The van der Waals surface area contributed by atoms with E-state index in [0.29, 0.717) is 0 Å².